The lowest BCUT2D eigenvalue weighted by atomic mass is 9.97. The van der Waals surface area contributed by atoms with Gasteiger partial charge in [-0.05, 0) is 27.2 Å². The molecule has 5 nitrogen and oxygen atoms in total. The van der Waals surface area contributed by atoms with Crippen molar-refractivity contribution in [3.8, 4) is 0 Å². The Balaban J connectivity index is 2.77. The largest absolute Gasteiger partial charge is 0.396 e. The first-order valence-electron chi connectivity index (χ1n) is 5.56. The number of carbonyl (C=O) groups excluding carboxylic acids is 1. The zero-order chi connectivity index (χ0) is 12.1. The van der Waals surface area contributed by atoms with Crippen LogP contribution in [0.4, 0.5) is 0 Å². The average Bonchev–Trinajstić information content (AvgIpc) is 2.65. The Morgan fingerprint density at radius 3 is 2.75 bits per heavy atom. The highest BCUT2D eigenvalue weighted by Crippen LogP contribution is 2.14. The Labute approximate surface area is 95.5 Å². The van der Waals surface area contributed by atoms with Gasteiger partial charge >= 0.3 is 0 Å². The third kappa shape index (κ3) is 3.13. The maximum Gasteiger partial charge on any atom is 0.138 e. The molecule has 0 aliphatic heterocycles. The van der Waals surface area contributed by atoms with Crippen LogP contribution in [-0.4, -0.2) is 32.3 Å². The van der Waals surface area contributed by atoms with Crippen LogP contribution in [0.25, 0.3) is 0 Å². The number of rotatable bonds is 6. The fourth-order valence-corrected chi connectivity index (χ4v) is 1.68. The number of hydrogen-bond acceptors (Lipinski definition) is 4. The number of aliphatic hydroxyl groups excluding tert-OH is 1. The number of hydrogen-bond donors (Lipinski definition) is 1. The topological polar surface area (TPSA) is 68.0 Å². The maximum absolute atomic E-state index is 11.4. The second-order valence-corrected chi connectivity index (χ2v) is 4.24. The summed E-state index contributed by atoms with van der Waals surface area (Å²) in [7, 11) is 0. The van der Waals surface area contributed by atoms with Gasteiger partial charge in [0.05, 0.1) is 0 Å². The molecule has 0 spiro atoms. The predicted molar refractivity (Wildman–Crippen MR) is 60.0 cm³/mol. The molecule has 0 aliphatic rings. The zero-order valence-electron chi connectivity index (χ0n) is 10.1. The molecule has 90 valence electrons. The molecule has 0 saturated carbocycles. The van der Waals surface area contributed by atoms with Crippen LogP contribution in [0, 0.1) is 5.92 Å². The number of aromatic nitrogens is 3. The average molecular weight is 225 g/mol. The van der Waals surface area contributed by atoms with E-state index in [2.05, 4.69) is 10.1 Å². The zero-order valence-corrected chi connectivity index (χ0v) is 10.1. The number of aliphatic hydroxyl groups is 1. The molecule has 0 saturated heterocycles. The molecule has 0 amide bonds. The summed E-state index contributed by atoms with van der Waals surface area (Å²) in [4.78, 5) is 15.5. The summed E-state index contributed by atoms with van der Waals surface area (Å²) in [6.07, 6.45) is 2.54. The van der Waals surface area contributed by atoms with Crippen molar-refractivity contribution in [2.24, 2.45) is 5.92 Å². The Kier molecular flexibility index (Phi) is 4.61. The van der Waals surface area contributed by atoms with Crippen LogP contribution >= 0.6 is 0 Å². The highest BCUT2D eigenvalue weighted by atomic mass is 16.3. The van der Waals surface area contributed by atoms with Gasteiger partial charge in [-0.2, -0.15) is 5.10 Å². The third-order valence-corrected chi connectivity index (χ3v) is 2.62. The van der Waals surface area contributed by atoms with Crippen molar-refractivity contribution in [3.63, 3.8) is 0 Å². The molecular formula is C11H19N3O2. The molecule has 1 rings (SSSR count). The first-order chi connectivity index (χ1) is 7.56. The Morgan fingerprint density at radius 1 is 1.56 bits per heavy atom. The molecule has 1 aromatic heterocycles. The first kappa shape index (κ1) is 12.8. The molecular weight excluding hydrogens is 206 g/mol. The Bertz CT molecular complexity index is 347. The van der Waals surface area contributed by atoms with Crippen LogP contribution in [-0.2, 0) is 11.2 Å². The molecule has 0 fully saturated rings. The van der Waals surface area contributed by atoms with Crippen molar-refractivity contribution in [2.75, 3.05) is 6.61 Å². The van der Waals surface area contributed by atoms with E-state index in [9.17, 15) is 4.79 Å². The van der Waals surface area contributed by atoms with Crippen LogP contribution in [0.2, 0.25) is 0 Å². The van der Waals surface area contributed by atoms with Crippen LogP contribution in [0.1, 0.15) is 39.1 Å². The van der Waals surface area contributed by atoms with Gasteiger partial charge in [0.25, 0.3) is 0 Å². The molecule has 1 atom stereocenters. The van der Waals surface area contributed by atoms with Gasteiger partial charge in [0.2, 0.25) is 0 Å². The van der Waals surface area contributed by atoms with E-state index in [1.807, 2.05) is 18.5 Å². The second-order valence-electron chi connectivity index (χ2n) is 4.24. The van der Waals surface area contributed by atoms with Gasteiger partial charge < -0.3 is 5.11 Å². The van der Waals surface area contributed by atoms with E-state index >= 15 is 0 Å². The highest BCUT2D eigenvalue weighted by Gasteiger charge is 2.18. The highest BCUT2D eigenvalue weighted by molar-refractivity contribution is 5.78. The molecule has 1 N–H and O–H groups in total. The summed E-state index contributed by atoms with van der Waals surface area (Å²) in [6, 6.07) is 0.235. The van der Waals surface area contributed by atoms with Crippen molar-refractivity contribution in [1.29, 1.82) is 0 Å². The van der Waals surface area contributed by atoms with Gasteiger partial charge in [0, 0.05) is 25.0 Å². The minimum Gasteiger partial charge on any atom is -0.396 e. The van der Waals surface area contributed by atoms with E-state index in [-0.39, 0.29) is 24.3 Å². The summed E-state index contributed by atoms with van der Waals surface area (Å²) in [5.41, 5.74) is 0. The fraction of sp³-hybridized carbons (Fsp3) is 0.727. The minimum absolute atomic E-state index is 0.0278. The van der Waals surface area contributed by atoms with Crippen LogP contribution < -0.4 is 0 Å². The van der Waals surface area contributed by atoms with E-state index in [1.54, 1.807) is 6.92 Å². The Hall–Kier alpha value is -1.23. The molecule has 0 aromatic carbocycles. The van der Waals surface area contributed by atoms with Crippen LogP contribution in [0.3, 0.4) is 0 Å². The van der Waals surface area contributed by atoms with Gasteiger partial charge in [0.15, 0.2) is 0 Å². The Morgan fingerprint density at radius 2 is 2.25 bits per heavy atom. The normalized spacial score (nSPS) is 13.1. The SMILES string of the molecule is CC(=O)C(CCO)Cc1ncnn1C(C)C. The quantitative estimate of drug-likeness (QED) is 0.784. The molecule has 1 unspecified atom stereocenters. The lowest BCUT2D eigenvalue weighted by Gasteiger charge is -2.14. The fourth-order valence-electron chi connectivity index (χ4n) is 1.68. The van der Waals surface area contributed by atoms with Crippen LogP contribution in [0.15, 0.2) is 6.33 Å². The number of ketones is 1. The van der Waals surface area contributed by atoms with E-state index in [4.69, 9.17) is 5.11 Å². The summed E-state index contributed by atoms with van der Waals surface area (Å²) in [6.45, 7) is 5.62. The van der Waals surface area contributed by atoms with Crippen molar-refractivity contribution in [1.82, 2.24) is 14.8 Å². The van der Waals surface area contributed by atoms with Crippen molar-refractivity contribution in [3.05, 3.63) is 12.2 Å². The van der Waals surface area contributed by atoms with Gasteiger partial charge in [0.1, 0.15) is 17.9 Å². The number of carbonyl (C=O) groups is 1. The molecule has 0 bridgehead atoms. The lowest BCUT2D eigenvalue weighted by molar-refractivity contribution is -0.121. The standard InChI is InChI=1S/C11H19N3O2/c1-8(2)14-11(12-7-13-14)6-10(4-5-15)9(3)16/h7-8,10,15H,4-6H2,1-3H3. The van der Waals surface area contributed by atoms with Gasteiger partial charge in [-0.15, -0.1) is 0 Å². The van der Waals surface area contributed by atoms with E-state index in [0.29, 0.717) is 12.8 Å². The summed E-state index contributed by atoms with van der Waals surface area (Å²) in [5.74, 6) is 0.739. The second kappa shape index (κ2) is 5.75. The molecule has 5 heteroatoms. The summed E-state index contributed by atoms with van der Waals surface area (Å²) >= 11 is 0. The van der Waals surface area contributed by atoms with Crippen LogP contribution in [0.5, 0.6) is 0 Å². The van der Waals surface area contributed by atoms with Gasteiger partial charge in [-0.3, -0.25) is 4.79 Å². The summed E-state index contributed by atoms with van der Waals surface area (Å²) in [5, 5.41) is 13.0. The molecule has 16 heavy (non-hydrogen) atoms. The molecule has 0 aliphatic carbocycles. The van der Waals surface area contributed by atoms with Crippen molar-refractivity contribution >= 4 is 5.78 Å². The van der Waals surface area contributed by atoms with E-state index in [1.165, 1.54) is 6.33 Å². The molecule has 0 radical (unpaired) electrons. The summed E-state index contributed by atoms with van der Waals surface area (Å²) < 4.78 is 1.81. The van der Waals surface area contributed by atoms with E-state index in [0.717, 1.165) is 5.82 Å². The number of Topliss-reactive ketones (excluding diaryl/α,β-unsaturated/α-hetero) is 1. The molecule has 1 aromatic rings. The van der Waals surface area contributed by atoms with Gasteiger partial charge in [-0.25, -0.2) is 9.67 Å². The maximum atomic E-state index is 11.4. The first-order valence-corrected chi connectivity index (χ1v) is 5.56. The van der Waals surface area contributed by atoms with Crippen molar-refractivity contribution < 1.29 is 9.90 Å². The smallest absolute Gasteiger partial charge is 0.138 e. The third-order valence-electron chi connectivity index (χ3n) is 2.62. The predicted octanol–water partition coefficient (Wildman–Crippen LogP) is 0.989. The van der Waals surface area contributed by atoms with Crippen molar-refractivity contribution in [2.45, 2.75) is 39.7 Å². The molecule has 1 heterocycles. The van der Waals surface area contributed by atoms with E-state index < -0.39 is 0 Å². The monoisotopic (exact) mass is 225 g/mol. The van der Waals surface area contributed by atoms with Gasteiger partial charge in [-0.1, -0.05) is 0 Å². The lowest BCUT2D eigenvalue weighted by Crippen LogP contribution is -2.19. The minimum atomic E-state index is -0.160. The number of nitrogens with zero attached hydrogens (tertiary/aromatic N) is 3.